The molecule has 9 nitrogen and oxygen atoms in total. The smallest absolute Gasteiger partial charge is 0.357 e. The van der Waals surface area contributed by atoms with Crippen molar-refractivity contribution in [3.05, 3.63) is 60.3 Å². The van der Waals surface area contributed by atoms with Crippen LogP contribution < -0.4 is 20.1 Å². The van der Waals surface area contributed by atoms with E-state index in [1.165, 1.54) is 6.07 Å². The molecule has 3 aromatic rings. The predicted molar refractivity (Wildman–Crippen MR) is 107 cm³/mol. The number of aromatic nitrogens is 1. The first-order chi connectivity index (χ1) is 14.6. The number of carbonyl (C=O) groups excluding carboxylic acids is 3. The fourth-order valence-electron chi connectivity index (χ4n) is 2.83. The number of urea groups is 1. The highest BCUT2D eigenvalue weighted by Gasteiger charge is 2.16. The molecule has 0 saturated heterocycles. The van der Waals surface area contributed by atoms with Gasteiger partial charge in [0.15, 0.2) is 18.1 Å². The Hall–Kier alpha value is -4.14. The quantitative estimate of drug-likeness (QED) is 0.639. The molecule has 4 rings (SSSR count). The van der Waals surface area contributed by atoms with Crippen LogP contribution in [-0.4, -0.2) is 42.7 Å². The monoisotopic (exact) mass is 407 g/mol. The minimum absolute atomic E-state index is 0.0715. The summed E-state index contributed by atoms with van der Waals surface area (Å²) in [6, 6.07) is 14.6. The number of rotatable bonds is 4. The Bertz CT molecular complexity index is 1130. The van der Waals surface area contributed by atoms with Gasteiger partial charge in [0.05, 0.1) is 5.52 Å². The SMILES string of the molecule is O=C(COC(=O)c1ccc2ccccc2n1)NC(=O)Nc1ccc2c(c1)OCCO2. The van der Waals surface area contributed by atoms with Crippen LogP contribution in [0.5, 0.6) is 11.5 Å². The molecule has 0 aliphatic carbocycles. The topological polar surface area (TPSA) is 116 Å². The number of fused-ring (bicyclic) bond motifs is 2. The Labute approximate surface area is 170 Å². The maximum Gasteiger partial charge on any atom is 0.357 e. The zero-order valence-corrected chi connectivity index (χ0v) is 15.7. The third kappa shape index (κ3) is 4.46. The number of ether oxygens (including phenoxy) is 3. The average molecular weight is 407 g/mol. The van der Waals surface area contributed by atoms with Gasteiger partial charge in [-0.2, -0.15) is 0 Å². The van der Waals surface area contributed by atoms with Gasteiger partial charge in [-0.1, -0.05) is 24.3 Å². The number of para-hydroxylation sites is 1. The largest absolute Gasteiger partial charge is 0.486 e. The van der Waals surface area contributed by atoms with Crippen molar-refractivity contribution in [1.82, 2.24) is 10.3 Å². The molecule has 152 valence electrons. The van der Waals surface area contributed by atoms with E-state index < -0.39 is 24.5 Å². The first-order valence-electron chi connectivity index (χ1n) is 9.12. The summed E-state index contributed by atoms with van der Waals surface area (Å²) in [5.41, 5.74) is 1.12. The number of nitrogens with zero attached hydrogens (tertiary/aromatic N) is 1. The van der Waals surface area contributed by atoms with Crippen LogP contribution in [0.25, 0.3) is 10.9 Å². The van der Waals surface area contributed by atoms with Crippen molar-refractivity contribution in [2.75, 3.05) is 25.1 Å². The predicted octanol–water partition coefficient (Wildman–Crippen LogP) is 2.51. The first-order valence-corrected chi connectivity index (χ1v) is 9.12. The number of anilines is 1. The van der Waals surface area contributed by atoms with Gasteiger partial charge in [0.2, 0.25) is 0 Å². The summed E-state index contributed by atoms with van der Waals surface area (Å²) in [7, 11) is 0. The van der Waals surface area contributed by atoms with Crippen LogP contribution >= 0.6 is 0 Å². The maximum absolute atomic E-state index is 12.1. The number of pyridine rings is 1. The van der Waals surface area contributed by atoms with E-state index in [0.717, 1.165) is 5.39 Å². The van der Waals surface area contributed by atoms with Crippen molar-refractivity contribution < 1.29 is 28.6 Å². The number of imide groups is 1. The lowest BCUT2D eigenvalue weighted by molar-refractivity contribution is -0.123. The van der Waals surface area contributed by atoms with E-state index in [9.17, 15) is 14.4 Å². The summed E-state index contributed by atoms with van der Waals surface area (Å²) < 4.78 is 15.8. The van der Waals surface area contributed by atoms with Crippen LogP contribution in [0.1, 0.15) is 10.5 Å². The lowest BCUT2D eigenvalue weighted by atomic mass is 10.2. The second-order valence-corrected chi connectivity index (χ2v) is 6.33. The van der Waals surface area contributed by atoms with Gasteiger partial charge in [0, 0.05) is 17.1 Å². The maximum atomic E-state index is 12.1. The van der Waals surface area contributed by atoms with Crippen molar-refractivity contribution in [3.63, 3.8) is 0 Å². The zero-order valence-electron chi connectivity index (χ0n) is 15.7. The van der Waals surface area contributed by atoms with E-state index in [2.05, 4.69) is 15.6 Å². The molecule has 0 radical (unpaired) electrons. The average Bonchev–Trinajstić information content (AvgIpc) is 2.77. The van der Waals surface area contributed by atoms with Crippen molar-refractivity contribution >= 4 is 34.5 Å². The van der Waals surface area contributed by atoms with Gasteiger partial charge in [-0.15, -0.1) is 0 Å². The lowest BCUT2D eigenvalue weighted by Gasteiger charge is -2.19. The summed E-state index contributed by atoms with van der Waals surface area (Å²) in [6.45, 7) is 0.253. The number of carbonyl (C=O) groups is 3. The van der Waals surface area contributed by atoms with Crippen LogP contribution in [0, 0.1) is 0 Å². The molecule has 1 aliphatic heterocycles. The second kappa shape index (κ2) is 8.48. The highest BCUT2D eigenvalue weighted by molar-refractivity contribution is 6.02. The van der Waals surface area contributed by atoms with Gasteiger partial charge >= 0.3 is 12.0 Å². The Morgan fingerprint density at radius 3 is 2.63 bits per heavy atom. The molecule has 9 heteroatoms. The van der Waals surface area contributed by atoms with Crippen molar-refractivity contribution in [2.45, 2.75) is 0 Å². The number of amides is 3. The van der Waals surface area contributed by atoms with Crippen molar-refractivity contribution in [1.29, 1.82) is 0 Å². The first kappa shape index (κ1) is 19.2. The van der Waals surface area contributed by atoms with Crippen LogP contribution in [-0.2, 0) is 9.53 Å². The number of hydrogen-bond acceptors (Lipinski definition) is 7. The van der Waals surface area contributed by atoms with Crippen molar-refractivity contribution in [3.8, 4) is 11.5 Å². The van der Waals surface area contributed by atoms with Crippen molar-refractivity contribution in [2.24, 2.45) is 0 Å². The standard InChI is InChI=1S/C21H17N3O6/c25-19(12-30-20(26)16-7-5-13-3-1-2-4-15(13)23-16)24-21(27)22-14-6-8-17-18(11-14)29-10-9-28-17/h1-8,11H,9-10,12H2,(H2,22,24,25,27). The van der Waals surface area contributed by atoms with Gasteiger partial charge < -0.3 is 19.5 Å². The van der Waals surface area contributed by atoms with E-state index in [4.69, 9.17) is 14.2 Å². The number of benzene rings is 2. The molecule has 0 spiro atoms. The van der Waals surface area contributed by atoms with E-state index >= 15 is 0 Å². The lowest BCUT2D eigenvalue weighted by Crippen LogP contribution is -2.37. The Morgan fingerprint density at radius 2 is 1.77 bits per heavy atom. The van der Waals surface area contributed by atoms with E-state index in [1.807, 2.05) is 12.1 Å². The van der Waals surface area contributed by atoms with Crippen LogP contribution in [0.3, 0.4) is 0 Å². The normalized spacial score (nSPS) is 12.1. The van der Waals surface area contributed by atoms with Crippen LogP contribution in [0.4, 0.5) is 10.5 Å². The molecule has 0 saturated carbocycles. The minimum Gasteiger partial charge on any atom is -0.486 e. The Balaban J connectivity index is 1.28. The summed E-state index contributed by atoms with van der Waals surface area (Å²) >= 11 is 0. The molecular weight excluding hydrogens is 390 g/mol. The summed E-state index contributed by atoms with van der Waals surface area (Å²) in [5, 5.41) is 5.47. The molecule has 1 aromatic heterocycles. The third-order valence-electron chi connectivity index (χ3n) is 4.19. The van der Waals surface area contributed by atoms with Crippen LogP contribution in [0.15, 0.2) is 54.6 Å². The molecule has 0 bridgehead atoms. The van der Waals surface area contributed by atoms with Gasteiger partial charge in [-0.3, -0.25) is 10.1 Å². The third-order valence-corrected chi connectivity index (χ3v) is 4.19. The summed E-state index contributed by atoms with van der Waals surface area (Å²) in [4.78, 5) is 40.2. The highest BCUT2D eigenvalue weighted by atomic mass is 16.6. The number of hydrogen-bond donors (Lipinski definition) is 2. The summed E-state index contributed by atoms with van der Waals surface area (Å²) in [6.07, 6.45) is 0. The molecule has 0 atom stereocenters. The van der Waals surface area contributed by atoms with E-state index in [1.54, 1.807) is 36.4 Å². The number of nitrogens with one attached hydrogen (secondary N) is 2. The molecule has 2 aromatic carbocycles. The van der Waals surface area contributed by atoms with Gasteiger partial charge in [-0.05, 0) is 24.3 Å². The summed E-state index contributed by atoms with van der Waals surface area (Å²) in [5.74, 6) is -0.456. The molecule has 1 aliphatic rings. The molecular formula is C21H17N3O6. The van der Waals surface area contributed by atoms with Gasteiger partial charge in [0.25, 0.3) is 5.91 Å². The molecule has 2 heterocycles. The van der Waals surface area contributed by atoms with E-state index in [-0.39, 0.29) is 5.69 Å². The van der Waals surface area contributed by atoms with Gasteiger partial charge in [-0.25, -0.2) is 14.6 Å². The Kier molecular flexibility index (Phi) is 5.42. The molecule has 0 unspecified atom stereocenters. The van der Waals surface area contributed by atoms with E-state index in [0.29, 0.717) is 35.9 Å². The zero-order chi connectivity index (χ0) is 20.9. The number of esters is 1. The fraction of sp³-hybridized carbons (Fsp3) is 0.143. The van der Waals surface area contributed by atoms with Gasteiger partial charge in [0.1, 0.15) is 18.9 Å². The molecule has 3 amide bonds. The molecule has 2 N–H and O–H groups in total. The second-order valence-electron chi connectivity index (χ2n) is 6.33. The molecule has 0 fully saturated rings. The molecule has 30 heavy (non-hydrogen) atoms. The fourth-order valence-corrected chi connectivity index (χ4v) is 2.83. The van der Waals surface area contributed by atoms with Crippen LogP contribution in [0.2, 0.25) is 0 Å². The Morgan fingerprint density at radius 1 is 0.967 bits per heavy atom. The highest BCUT2D eigenvalue weighted by Crippen LogP contribution is 2.32. The minimum atomic E-state index is -0.779.